The van der Waals surface area contributed by atoms with Crippen molar-refractivity contribution in [2.45, 2.75) is 162 Å². The van der Waals surface area contributed by atoms with Crippen molar-refractivity contribution in [2.75, 3.05) is 0 Å². The molecule has 0 saturated heterocycles. The summed E-state index contributed by atoms with van der Waals surface area (Å²) in [5.41, 5.74) is 0. The Bertz CT molecular complexity index is 433. The molecule has 4 heteroatoms. The molecule has 190 valence electrons. The summed E-state index contributed by atoms with van der Waals surface area (Å²) < 4.78 is 5.80. The van der Waals surface area contributed by atoms with Crippen molar-refractivity contribution < 1.29 is 19.4 Å². The van der Waals surface area contributed by atoms with E-state index in [-0.39, 0.29) is 18.5 Å². The minimum absolute atomic E-state index is 0.0437. The molecule has 0 fully saturated rings. The molecule has 1 unspecified atom stereocenters. The molecule has 0 aromatic rings. The summed E-state index contributed by atoms with van der Waals surface area (Å²) in [6, 6.07) is 0. The van der Waals surface area contributed by atoms with E-state index < -0.39 is 5.97 Å². The number of hydrogen-bond donors (Lipinski definition) is 1. The highest BCUT2D eigenvalue weighted by Gasteiger charge is 2.14. The molecular weight excluding hydrogens is 400 g/mol. The first-order valence-electron chi connectivity index (χ1n) is 13.9. The van der Waals surface area contributed by atoms with E-state index in [0.29, 0.717) is 19.3 Å². The zero-order valence-electron chi connectivity index (χ0n) is 21.7. The molecule has 0 spiro atoms. The fourth-order valence-electron chi connectivity index (χ4n) is 4.19. The Morgan fingerprint density at radius 2 is 1.06 bits per heavy atom. The zero-order valence-corrected chi connectivity index (χ0v) is 21.7. The van der Waals surface area contributed by atoms with Crippen LogP contribution >= 0.6 is 0 Å². The molecule has 0 heterocycles. The van der Waals surface area contributed by atoms with Crippen LogP contribution in [0.25, 0.3) is 0 Å². The van der Waals surface area contributed by atoms with Crippen molar-refractivity contribution in [3.63, 3.8) is 0 Å². The van der Waals surface area contributed by atoms with E-state index in [0.717, 1.165) is 31.6 Å². The number of rotatable bonds is 24. The van der Waals surface area contributed by atoms with E-state index in [2.05, 4.69) is 20.8 Å². The van der Waals surface area contributed by atoms with E-state index in [1.54, 1.807) is 0 Å². The summed E-state index contributed by atoms with van der Waals surface area (Å²) in [4.78, 5) is 22.8. The molecule has 0 rings (SSSR count). The first kappa shape index (κ1) is 30.9. The number of carboxylic acid groups (broad SMARTS) is 1. The topological polar surface area (TPSA) is 63.6 Å². The van der Waals surface area contributed by atoms with Gasteiger partial charge in [-0.25, -0.2) is 0 Å². The van der Waals surface area contributed by atoms with Crippen LogP contribution in [-0.4, -0.2) is 23.1 Å². The van der Waals surface area contributed by atoms with Gasteiger partial charge in [0, 0.05) is 12.8 Å². The minimum Gasteiger partial charge on any atom is -0.481 e. The van der Waals surface area contributed by atoms with Gasteiger partial charge in [-0.3, -0.25) is 9.59 Å². The Labute approximate surface area is 199 Å². The second-order valence-corrected chi connectivity index (χ2v) is 10.1. The van der Waals surface area contributed by atoms with Gasteiger partial charge in [0.1, 0.15) is 6.10 Å². The number of unbranched alkanes of at least 4 members (excludes halogenated alkanes) is 13. The van der Waals surface area contributed by atoms with Crippen molar-refractivity contribution in [2.24, 2.45) is 5.92 Å². The number of carbonyl (C=O) groups excluding carboxylic acids is 1. The summed E-state index contributed by atoms with van der Waals surface area (Å²) >= 11 is 0. The quantitative estimate of drug-likeness (QED) is 0.117. The molecule has 0 aromatic carbocycles. The average molecular weight is 455 g/mol. The van der Waals surface area contributed by atoms with Crippen molar-refractivity contribution in [3.05, 3.63) is 0 Å². The largest absolute Gasteiger partial charge is 0.481 e. The van der Waals surface area contributed by atoms with Crippen LogP contribution < -0.4 is 0 Å². The molecular formula is C28H54O4. The Kier molecular flexibility index (Phi) is 22.3. The van der Waals surface area contributed by atoms with Crippen LogP contribution in [0.3, 0.4) is 0 Å². The second-order valence-electron chi connectivity index (χ2n) is 10.1. The summed E-state index contributed by atoms with van der Waals surface area (Å²) in [6.45, 7) is 6.83. The maximum atomic E-state index is 12.2. The summed E-state index contributed by atoms with van der Waals surface area (Å²) in [6.07, 6.45) is 23.0. The van der Waals surface area contributed by atoms with Gasteiger partial charge >= 0.3 is 11.9 Å². The highest BCUT2D eigenvalue weighted by Crippen LogP contribution is 2.19. The summed E-state index contributed by atoms with van der Waals surface area (Å²) in [5.74, 6) is -0.145. The van der Waals surface area contributed by atoms with Crippen LogP contribution in [-0.2, 0) is 14.3 Å². The van der Waals surface area contributed by atoms with Crippen LogP contribution in [0.5, 0.6) is 0 Å². The number of hydrogen-bond acceptors (Lipinski definition) is 3. The fraction of sp³-hybridized carbons (Fsp3) is 0.929. The smallest absolute Gasteiger partial charge is 0.306 e. The molecule has 0 aliphatic rings. The molecule has 0 radical (unpaired) electrons. The van der Waals surface area contributed by atoms with Crippen molar-refractivity contribution in [3.8, 4) is 0 Å². The molecule has 0 aromatic heterocycles. The molecule has 1 atom stereocenters. The van der Waals surface area contributed by atoms with E-state index in [1.807, 2.05) is 0 Å². The third-order valence-electron chi connectivity index (χ3n) is 6.26. The lowest BCUT2D eigenvalue weighted by molar-refractivity contribution is -0.150. The van der Waals surface area contributed by atoms with Gasteiger partial charge in [-0.05, 0) is 44.4 Å². The Morgan fingerprint density at radius 3 is 1.53 bits per heavy atom. The molecule has 0 aliphatic heterocycles. The van der Waals surface area contributed by atoms with Gasteiger partial charge < -0.3 is 9.84 Å². The SMILES string of the molecule is CCCCCCCCCCCC(CCCCCCCC(C)C)OC(=O)CCCCC(=O)O. The summed E-state index contributed by atoms with van der Waals surface area (Å²) in [5, 5.41) is 8.72. The number of ether oxygens (including phenoxy) is 1. The standard InChI is InChI=1S/C28H54O4/c1-4-5-6-7-8-9-10-13-16-21-26(22-17-14-11-12-15-20-25(2)3)32-28(31)24-19-18-23-27(29)30/h25-26H,4-24H2,1-3H3,(H,29,30). The highest BCUT2D eigenvalue weighted by atomic mass is 16.5. The first-order valence-corrected chi connectivity index (χ1v) is 13.9. The van der Waals surface area contributed by atoms with E-state index in [4.69, 9.17) is 9.84 Å². The number of esters is 1. The van der Waals surface area contributed by atoms with Gasteiger partial charge in [0.25, 0.3) is 0 Å². The average Bonchev–Trinajstić information content (AvgIpc) is 2.74. The Morgan fingerprint density at radius 1 is 0.625 bits per heavy atom. The predicted octanol–water partition coefficient (Wildman–Crippen LogP) is 8.85. The van der Waals surface area contributed by atoms with Crippen LogP contribution in [0.2, 0.25) is 0 Å². The predicted molar refractivity (Wildman–Crippen MR) is 135 cm³/mol. The van der Waals surface area contributed by atoms with Crippen molar-refractivity contribution >= 4 is 11.9 Å². The van der Waals surface area contributed by atoms with Gasteiger partial charge in [0.2, 0.25) is 0 Å². The van der Waals surface area contributed by atoms with Gasteiger partial charge in [-0.2, -0.15) is 0 Å². The normalized spacial score (nSPS) is 12.2. The Balaban J connectivity index is 4.07. The fourth-order valence-corrected chi connectivity index (χ4v) is 4.19. The number of carbonyl (C=O) groups is 2. The minimum atomic E-state index is -0.796. The summed E-state index contributed by atoms with van der Waals surface area (Å²) in [7, 11) is 0. The van der Waals surface area contributed by atoms with Crippen LogP contribution in [0.4, 0.5) is 0 Å². The maximum absolute atomic E-state index is 12.2. The maximum Gasteiger partial charge on any atom is 0.306 e. The molecule has 1 N–H and O–H groups in total. The second kappa shape index (κ2) is 23.1. The van der Waals surface area contributed by atoms with E-state index in [1.165, 1.54) is 83.5 Å². The molecule has 0 amide bonds. The zero-order chi connectivity index (χ0) is 23.9. The lowest BCUT2D eigenvalue weighted by Gasteiger charge is -2.18. The van der Waals surface area contributed by atoms with Crippen molar-refractivity contribution in [1.82, 2.24) is 0 Å². The lowest BCUT2D eigenvalue weighted by Crippen LogP contribution is -2.18. The third kappa shape index (κ3) is 23.6. The lowest BCUT2D eigenvalue weighted by atomic mass is 10.0. The van der Waals surface area contributed by atoms with Crippen LogP contribution in [0, 0.1) is 5.92 Å². The van der Waals surface area contributed by atoms with E-state index in [9.17, 15) is 9.59 Å². The van der Waals surface area contributed by atoms with Gasteiger partial charge in [-0.15, -0.1) is 0 Å². The van der Waals surface area contributed by atoms with E-state index >= 15 is 0 Å². The van der Waals surface area contributed by atoms with Gasteiger partial charge in [0.15, 0.2) is 0 Å². The van der Waals surface area contributed by atoms with Gasteiger partial charge in [0.05, 0.1) is 0 Å². The van der Waals surface area contributed by atoms with Gasteiger partial charge in [-0.1, -0.05) is 104 Å². The van der Waals surface area contributed by atoms with Crippen LogP contribution in [0.15, 0.2) is 0 Å². The molecule has 4 nitrogen and oxygen atoms in total. The molecule has 0 aliphatic carbocycles. The van der Waals surface area contributed by atoms with Crippen molar-refractivity contribution in [1.29, 1.82) is 0 Å². The highest BCUT2D eigenvalue weighted by molar-refractivity contribution is 5.70. The first-order chi connectivity index (χ1) is 15.5. The number of carboxylic acids is 1. The number of aliphatic carboxylic acids is 1. The molecule has 0 bridgehead atoms. The monoisotopic (exact) mass is 454 g/mol. The molecule has 32 heavy (non-hydrogen) atoms. The van der Waals surface area contributed by atoms with Crippen LogP contribution in [0.1, 0.15) is 156 Å². The third-order valence-corrected chi connectivity index (χ3v) is 6.26. The Hall–Kier alpha value is -1.06. The molecule has 0 saturated carbocycles.